The van der Waals surface area contributed by atoms with Gasteiger partial charge < -0.3 is 30.5 Å². The molecule has 10 nitrogen and oxygen atoms in total. The van der Waals surface area contributed by atoms with Crippen LogP contribution in [-0.2, 0) is 19.1 Å². The molecule has 2 unspecified atom stereocenters. The third kappa shape index (κ3) is 3.93. The van der Waals surface area contributed by atoms with E-state index in [4.69, 9.17) is 15.2 Å². The second-order valence-electron chi connectivity index (χ2n) is 6.49. The van der Waals surface area contributed by atoms with E-state index in [-0.39, 0.29) is 13.0 Å². The zero-order chi connectivity index (χ0) is 20.3. The normalized spacial score (nSPS) is 24.4. The molecule has 0 aliphatic carbocycles. The fourth-order valence-corrected chi connectivity index (χ4v) is 3.39. The van der Waals surface area contributed by atoms with Crippen molar-refractivity contribution in [3.8, 4) is 0 Å². The van der Waals surface area contributed by atoms with Crippen LogP contribution in [0.25, 0.3) is 0 Å². The first kappa shape index (κ1) is 20.1. The van der Waals surface area contributed by atoms with Crippen molar-refractivity contribution in [3.05, 3.63) is 24.3 Å². The van der Waals surface area contributed by atoms with Crippen LogP contribution in [0.15, 0.2) is 24.3 Å². The number of aliphatic hydroxyl groups excluding tert-OH is 1. The first-order valence-corrected chi connectivity index (χ1v) is 9.13. The number of anilines is 2. The predicted molar refractivity (Wildman–Crippen MR) is 99.4 cm³/mol. The Morgan fingerprint density at radius 1 is 1.36 bits per heavy atom. The Morgan fingerprint density at radius 3 is 2.75 bits per heavy atom. The van der Waals surface area contributed by atoms with Crippen molar-refractivity contribution in [3.63, 3.8) is 0 Å². The van der Waals surface area contributed by atoms with Gasteiger partial charge in [0, 0.05) is 13.2 Å². The van der Waals surface area contributed by atoms with Gasteiger partial charge in [-0.05, 0) is 25.5 Å². The Balaban J connectivity index is 1.87. The number of hydrogen-bond donors (Lipinski definition) is 3. The van der Waals surface area contributed by atoms with E-state index >= 15 is 0 Å². The highest BCUT2D eigenvalue weighted by atomic mass is 16.7. The molecule has 152 valence electrons. The predicted octanol–water partition coefficient (Wildman–Crippen LogP) is -0.105. The van der Waals surface area contributed by atoms with Crippen LogP contribution in [0, 0.1) is 0 Å². The highest BCUT2D eigenvalue weighted by molar-refractivity contribution is 6.03. The Kier molecular flexibility index (Phi) is 6.12. The lowest BCUT2D eigenvalue weighted by Crippen LogP contribution is -2.54. The van der Waals surface area contributed by atoms with Crippen molar-refractivity contribution in [2.45, 2.75) is 38.3 Å². The monoisotopic (exact) mass is 392 g/mol. The molecule has 3 amide bonds. The van der Waals surface area contributed by atoms with Gasteiger partial charge in [-0.2, -0.15) is 0 Å². The van der Waals surface area contributed by atoms with E-state index in [0.29, 0.717) is 24.4 Å². The number of carbonyl (C=O) groups excluding carboxylic acids is 3. The van der Waals surface area contributed by atoms with Gasteiger partial charge >= 0.3 is 12.0 Å². The number of nitrogens with one attached hydrogen (secondary N) is 1. The lowest BCUT2D eigenvalue weighted by Gasteiger charge is -2.30. The summed E-state index contributed by atoms with van der Waals surface area (Å²) in [7, 11) is 0. The summed E-state index contributed by atoms with van der Waals surface area (Å²) in [5.74, 6) is -0.933. The third-order valence-electron chi connectivity index (χ3n) is 4.67. The van der Waals surface area contributed by atoms with E-state index in [9.17, 15) is 19.5 Å². The van der Waals surface area contributed by atoms with Crippen LogP contribution in [0.1, 0.15) is 19.8 Å². The van der Waals surface area contributed by atoms with E-state index in [1.54, 1.807) is 31.2 Å². The smallest absolute Gasteiger partial charge is 0.323 e. The van der Waals surface area contributed by atoms with E-state index in [2.05, 4.69) is 5.32 Å². The summed E-state index contributed by atoms with van der Waals surface area (Å²) in [6.07, 6.45) is -1.26. The van der Waals surface area contributed by atoms with Crippen LogP contribution in [0.5, 0.6) is 0 Å². The van der Waals surface area contributed by atoms with Crippen LogP contribution < -0.4 is 20.9 Å². The molecule has 2 heterocycles. The fraction of sp³-hybridized carbons (Fsp3) is 0.500. The number of rotatable bonds is 4. The number of fused-ring (bicyclic) bond motifs is 1. The molecule has 0 spiro atoms. The zero-order valence-electron chi connectivity index (χ0n) is 15.5. The number of hydrogen-bond acceptors (Lipinski definition) is 7. The highest BCUT2D eigenvalue weighted by Crippen LogP contribution is 2.34. The fourth-order valence-electron chi connectivity index (χ4n) is 3.39. The average Bonchev–Trinajstić information content (AvgIpc) is 2.93. The molecule has 1 aromatic rings. The van der Waals surface area contributed by atoms with Crippen molar-refractivity contribution in [1.82, 2.24) is 5.32 Å². The molecule has 3 rings (SSSR count). The molecule has 1 fully saturated rings. The number of esters is 1. The molecule has 1 aromatic carbocycles. The SMILES string of the molecule is CCOC1OC(=O)C[C@@H]1NC(=O)N1c2ccccc2N(C(=O)CO)CCC1N. The summed E-state index contributed by atoms with van der Waals surface area (Å²) in [5.41, 5.74) is 7.14. The van der Waals surface area contributed by atoms with Crippen molar-refractivity contribution in [2.24, 2.45) is 5.73 Å². The molecule has 4 N–H and O–H groups in total. The molecular weight excluding hydrogens is 368 g/mol. The number of carbonyl (C=O) groups is 3. The van der Waals surface area contributed by atoms with Crippen LogP contribution in [0.3, 0.4) is 0 Å². The number of urea groups is 1. The van der Waals surface area contributed by atoms with Gasteiger partial charge in [0.05, 0.1) is 24.0 Å². The molecule has 10 heteroatoms. The maximum atomic E-state index is 13.0. The lowest BCUT2D eigenvalue weighted by molar-refractivity contribution is -0.163. The minimum absolute atomic E-state index is 0.00372. The van der Waals surface area contributed by atoms with E-state index in [1.807, 2.05) is 0 Å². The van der Waals surface area contributed by atoms with Crippen molar-refractivity contribution in [1.29, 1.82) is 0 Å². The van der Waals surface area contributed by atoms with Crippen molar-refractivity contribution >= 4 is 29.3 Å². The standard InChI is InChI=1S/C18H24N4O6/c1-2-27-17-11(9-16(25)28-17)20-18(26)22-13-6-4-3-5-12(13)21(15(24)10-23)8-7-14(22)19/h3-6,11,14,17,23H,2,7-10,19H2,1H3,(H,20,26)/t11-,14?,17?/m0/s1. The number of ether oxygens (including phenoxy) is 2. The minimum Gasteiger partial charge on any atom is -0.433 e. The topological polar surface area (TPSA) is 134 Å². The Labute approximate surface area is 162 Å². The second-order valence-corrected chi connectivity index (χ2v) is 6.49. The summed E-state index contributed by atoms with van der Waals surface area (Å²) >= 11 is 0. The number of nitrogens with two attached hydrogens (primary N) is 1. The molecule has 2 aliphatic heterocycles. The van der Waals surface area contributed by atoms with Gasteiger partial charge in [-0.1, -0.05) is 12.1 Å². The van der Waals surface area contributed by atoms with Crippen LogP contribution in [0.2, 0.25) is 0 Å². The maximum Gasteiger partial charge on any atom is 0.323 e. The van der Waals surface area contributed by atoms with Crippen molar-refractivity contribution < 1.29 is 29.0 Å². The zero-order valence-corrected chi connectivity index (χ0v) is 15.5. The molecule has 28 heavy (non-hydrogen) atoms. The van der Waals surface area contributed by atoms with Crippen LogP contribution in [0.4, 0.5) is 16.2 Å². The first-order valence-electron chi connectivity index (χ1n) is 9.13. The molecule has 1 saturated heterocycles. The Morgan fingerprint density at radius 2 is 2.07 bits per heavy atom. The quantitative estimate of drug-likeness (QED) is 0.609. The van der Waals surface area contributed by atoms with E-state index in [1.165, 1.54) is 9.80 Å². The van der Waals surface area contributed by atoms with Gasteiger partial charge in [0.15, 0.2) is 0 Å². The first-order chi connectivity index (χ1) is 13.5. The van der Waals surface area contributed by atoms with Crippen molar-refractivity contribution in [2.75, 3.05) is 29.6 Å². The number of aliphatic hydroxyl groups is 1. The number of para-hydroxylation sites is 2. The average molecular weight is 392 g/mol. The summed E-state index contributed by atoms with van der Waals surface area (Å²) in [6, 6.07) is 5.66. The maximum absolute atomic E-state index is 13.0. The van der Waals surface area contributed by atoms with Gasteiger partial charge in [0.2, 0.25) is 6.29 Å². The summed E-state index contributed by atoms with van der Waals surface area (Å²) in [4.78, 5) is 39.6. The summed E-state index contributed by atoms with van der Waals surface area (Å²) in [5, 5.41) is 12.0. The van der Waals surface area contributed by atoms with E-state index in [0.717, 1.165) is 0 Å². The van der Waals surface area contributed by atoms with Gasteiger partial charge in [0.25, 0.3) is 5.91 Å². The molecule has 3 atom stereocenters. The molecule has 0 saturated carbocycles. The number of benzene rings is 1. The summed E-state index contributed by atoms with van der Waals surface area (Å²) < 4.78 is 10.5. The Bertz CT molecular complexity index is 757. The van der Waals surface area contributed by atoms with Gasteiger partial charge in [-0.15, -0.1) is 0 Å². The Hall–Kier alpha value is -2.69. The van der Waals surface area contributed by atoms with Crippen LogP contribution in [-0.4, -0.2) is 61.3 Å². The third-order valence-corrected chi connectivity index (χ3v) is 4.67. The molecule has 0 aromatic heterocycles. The van der Waals surface area contributed by atoms with Gasteiger partial charge in [-0.25, -0.2) is 4.79 Å². The largest absolute Gasteiger partial charge is 0.433 e. The summed E-state index contributed by atoms with van der Waals surface area (Å²) in [6.45, 7) is 1.70. The van der Waals surface area contributed by atoms with E-state index < -0.39 is 43.0 Å². The number of nitrogens with zero attached hydrogens (tertiary/aromatic N) is 2. The highest BCUT2D eigenvalue weighted by Gasteiger charge is 2.39. The molecule has 2 aliphatic rings. The van der Waals surface area contributed by atoms with Crippen LogP contribution >= 0.6 is 0 Å². The van der Waals surface area contributed by atoms with Gasteiger partial charge in [-0.3, -0.25) is 14.5 Å². The molecule has 0 bridgehead atoms. The lowest BCUT2D eigenvalue weighted by atomic mass is 10.2. The molecular formula is C18H24N4O6. The number of cyclic esters (lactones) is 1. The minimum atomic E-state index is -0.854. The second kappa shape index (κ2) is 8.55. The van der Waals surface area contributed by atoms with Gasteiger partial charge in [0.1, 0.15) is 12.6 Å². The number of amides is 3. The molecule has 0 radical (unpaired) electrons.